The number of piperazine rings is 1. The van der Waals surface area contributed by atoms with Crippen LogP contribution >= 0.6 is 0 Å². The van der Waals surface area contributed by atoms with Crippen LogP contribution in [0.4, 0.5) is 10.2 Å². The first-order chi connectivity index (χ1) is 12.7. The summed E-state index contributed by atoms with van der Waals surface area (Å²) in [6.45, 7) is 4.17. The van der Waals surface area contributed by atoms with Crippen LogP contribution in [0.25, 0.3) is 11.3 Å². The van der Waals surface area contributed by atoms with E-state index < -0.39 is 0 Å². The van der Waals surface area contributed by atoms with Crippen molar-refractivity contribution in [1.82, 2.24) is 15.1 Å². The quantitative estimate of drug-likeness (QED) is 0.840. The van der Waals surface area contributed by atoms with Crippen LogP contribution in [0.5, 0.6) is 5.75 Å². The summed E-state index contributed by atoms with van der Waals surface area (Å²) >= 11 is 0. The number of methoxy groups -OCH3 is 1. The van der Waals surface area contributed by atoms with E-state index in [0.29, 0.717) is 11.3 Å². The van der Waals surface area contributed by atoms with Crippen molar-refractivity contribution in [1.29, 1.82) is 0 Å². The molecule has 0 spiro atoms. The molecule has 0 amide bonds. The van der Waals surface area contributed by atoms with Crippen molar-refractivity contribution in [3.8, 4) is 17.0 Å². The fraction of sp³-hybridized carbons (Fsp3) is 0.500. The van der Waals surface area contributed by atoms with Crippen LogP contribution in [0, 0.1) is 5.82 Å². The lowest BCUT2D eigenvalue weighted by molar-refractivity contribution is 0.187. The molecule has 0 atom stereocenters. The Kier molecular flexibility index (Phi) is 5.02. The molecule has 138 valence electrons. The zero-order valence-corrected chi connectivity index (χ0v) is 15.2. The highest BCUT2D eigenvalue weighted by Crippen LogP contribution is 2.27. The van der Waals surface area contributed by atoms with E-state index in [4.69, 9.17) is 4.74 Å². The molecular weight excluding hydrogens is 331 g/mol. The molecule has 1 aromatic heterocycles. The minimum Gasteiger partial charge on any atom is -0.494 e. The Bertz CT molecular complexity index is 738. The summed E-state index contributed by atoms with van der Waals surface area (Å²) in [5.74, 6) is 0.742. The van der Waals surface area contributed by atoms with Gasteiger partial charge < -0.3 is 9.64 Å². The van der Waals surface area contributed by atoms with Gasteiger partial charge in [0.05, 0.1) is 12.8 Å². The summed E-state index contributed by atoms with van der Waals surface area (Å²) in [6, 6.07) is 9.52. The second kappa shape index (κ2) is 7.58. The van der Waals surface area contributed by atoms with Crippen molar-refractivity contribution in [3.05, 3.63) is 36.1 Å². The van der Waals surface area contributed by atoms with E-state index in [1.807, 2.05) is 12.1 Å². The van der Waals surface area contributed by atoms with Gasteiger partial charge in [-0.15, -0.1) is 10.2 Å². The summed E-state index contributed by atoms with van der Waals surface area (Å²) in [4.78, 5) is 4.92. The summed E-state index contributed by atoms with van der Waals surface area (Å²) < 4.78 is 18.8. The predicted octanol–water partition coefficient (Wildman–Crippen LogP) is 3.36. The highest BCUT2D eigenvalue weighted by molar-refractivity contribution is 5.61. The maximum atomic E-state index is 13.9. The first kappa shape index (κ1) is 17.2. The largest absolute Gasteiger partial charge is 0.494 e. The lowest BCUT2D eigenvalue weighted by Gasteiger charge is -2.38. The number of nitrogens with zero attached hydrogens (tertiary/aromatic N) is 4. The van der Waals surface area contributed by atoms with Crippen molar-refractivity contribution in [2.75, 3.05) is 38.2 Å². The van der Waals surface area contributed by atoms with Gasteiger partial charge in [-0.2, -0.15) is 0 Å². The third kappa shape index (κ3) is 3.51. The monoisotopic (exact) mass is 356 g/mol. The first-order valence-corrected chi connectivity index (χ1v) is 9.41. The summed E-state index contributed by atoms with van der Waals surface area (Å²) in [5, 5.41) is 8.68. The normalized spacial score (nSPS) is 19.1. The van der Waals surface area contributed by atoms with Gasteiger partial charge in [0.2, 0.25) is 0 Å². The fourth-order valence-electron chi connectivity index (χ4n) is 4.06. The van der Waals surface area contributed by atoms with Gasteiger partial charge >= 0.3 is 0 Å². The van der Waals surface area contributed by atoms with Crippen molar-refractivity contribution in [2.45, 2.75) is 31.7 Å². The number of aromatic nitrogens is 2. The van der Waals surface area contributed by atoms with E-state index >= 15 is 0 Å². The minimum atomic E-state index is -0.390. The first-order valence-electron chi connectivity index (χ1n) is 9.41. The SMILES string of the molecule is COc1ccc(-c2ccc(N3CCN(C4CCCC4)CC3)nn2)cc1F. The second-order valence-corrected chi connectivity index (χ2v) is 7.09. The number of halogens is 1. The smallest absolute Gasteiger partial charge is 0.165 e. The van der Waals surface area contributed by atoms with Gasteiger partial charge in [-0.1, -0.05) is 12.8 Å². The van der Waals surface area contributed by atoms with Gasteiger partial charge in [0, 0.05) is 37.8 Å². The highest BCUT2D eigenvalue weighted by Gasteiger charge is 2.26. The molecule has 0 radical (unpaired) electrons. The molecule has 26 heavy (non-hydrogen) atoms. The molecule has 2 aliphatic rings. The van der Waals surface area contributed by atoms with Crippen molar-refractivity contribution < 1.29 is 9.13 Å². The summed E-state index contributed by atoms with van der Waals surface area (Å²) in [7, 11) is 1.46. The molecule has 1 aromatic carbocycles. The number of ether oxygens (including phenoxy) is 1. The maximum absolute atomic E-state index is 13.9. The van der Waals surface area contributed by atoms with Gasteiger partial charge in [-0.05, 0) is 43.2 Å². The lowest BCUT2D eigenvalue weighted by atomic mass is 10.1. The van der Waals surface area contributed by atoms with Crippen LogP contribution in [0.15, 0.2) is 30.3 Å². The molecule has 0 N–H and O–H groups in total. The standard InChI is InChI=1S/C20H25FN4O/c1-26-19-8-6-15(14-17(19)21)18-7-9-20(23-22-18)25-12-10-24(11-13-25)16-4-2-3-5-16/h6-9,14,16H,2-5,10-13H2,1H3. The second-order valence-electron chi connectivity index (χ2n) is 7.09. The number of hydrogen-bond donors (Lipinski definition) is 0. The lowest BCUT2D eigenvalue weighted by Crippen LogP contribution is -2.50. The molecule has 4 rings (SSSR count). The summed E-state index contributed by atoms with van der Waals surface area (Å²) in [5.41, 5.74) is 1.37. The van der Waals surface area contributed by atoms with Crippen LogP contribution in [0.1, 0.15) is 25.7 Å². The predicted molar refractivity (Wildman–Crippen MR) is 100 cm³/mol. The third-order valence-corrected chi connectivity index (χ3v) is 5.58. The Labute approximate surface area is 153 Å². The van der Waals surface area contributed by atoms with Gasteiger partial charge in [-0.3, -0.25) is 4.90 Å². The molecule has 0 bridgehead atoms. The Balaban J connectivity index is 1.41. The molecule has 1 aliphatic heterocycles. The fourth-order valence-corrected chi connectivity index (χ4v) is 4.06. The number of rotatable bonds is 4. The molecule has 1 saturated heterocycles. The van der Waals surface area contributed by atoms with E-state index in [9.17, 15) is 4.39 Å². The highest BCUT2D eigenvalue weighted by atomic mass is 19.1. The van der Waals surface area contributed by atoms with Crippen LogP contribution in [-0.2, 0) is 0 Å². The van der Waals surface area contributed by atoms with Crippen molar-refractivity contribution in [3.63, 3.8) is 0 Å². The van der Waals surface area contributed by atoms with Crippen LogP contribution in [0.3, 0.4) is 0 Å². The molecule has 2 heterocycles. The molecule has 0 unspecified atom stereocenters. The zero-order chi connectivity index (χ0) is 17.9. The van der Waals surface area contributed by atoms with Gasteiger partial charge in [0.1, 0.15) is 0 Å². The Morgan fingerprint density at radius 3 is 2.38 bits per heavy atom. The minimum absolute atomic E-state index is 0.235. The van der Waals surface area contributed by atoms with E-state index in [1.54, 1.807) is 12.1 Å². The molecule has 5 nitrogen and oxygen atoms in total. The molecule has 1 saturated carbocycles. The van der Waals surface area contributed by atoms with E-state index in [1.165, 1.54) is 38.9 Å². The molecular formula is C20H25FN4O. The average Bonchev–Trinajstić information content (AvgIpc) is 3.23. The van der Waals surface area contributed by atoms with Gasteiger partial charge in [-0.25, -0.2) is 4.39 Å². The maximum Gasteiger partial charge on any atom is 0.165 e. The third-order valence-electron chi connectivity index (χ3n) is 5.58. The van der Waals surface area contributed by atoms with Crippen LogP contribution in [-0.4, -0.2) is 54.4 Å². The topological polar surface area (TPSA) is 41.5 Å². The molecule has 6 heteroatoms. The van der Waals surface area contributed by atoms with Crippen molar-refractivity contribution in [2.24, 2.45) is 0 Å². The van der Waals surface area contributed by atoms with E-state index in [-0.39, 0.29) is 11.6 Å². The van der Waals surface area contributed by atoms with Crippen LogP contribution < -0.4 is 9.64 Å². The molecule has 2 aromatic rings. The molecule has 1 aliphatic carbocycles. The van der Waals surface area contributed by atoms with Crippen LogP contribution in [0.2, 0.25) is 0 Å². The zero-order valence-electron chi connectivity index (χ0n) is 15.2. The number of anilines is 1. The Morgan fingerprint density at radius 2 is 1.77 bits per heavy atom. The van der Waals surface area contributed by atoms with E-state index in [2.05, 4.69) is 20.0 Å². The molecule has 2 fully saturated rings. The number of hydrogen-bond acceptors (Lipinski definition) is 5. The number of benzene rings is 1. The van der Waals surface area contributed by atoms with E-state index in [0.717, 1.165) is 38.0 Å². The van der Waals surface area contributed by atoms with Gasteiger partial charge in [0.25, 0.3) is 0 Å². The Morgan fingerprint density at radius 1 is 1.00 bits per heavy atom. The summed E-state index contributed by atoms with van der Waals surface area (Å²) in [6.07, 6.45) is 5.47. The average molecular weight is 356 g/mol. The van der Waals surface area contributed by atoms with Crippen molar-refractivity contribution >= 4 is 5.82 Å². The Hall–Kier alpha value is -2.21. The van der Waals surface area contributed by atoms with Gasteiger partial charge in [0.15, 0.2) is 17.4 Å².